The molecule has 2 N–H and O–H groups in total. The third kappa shape index (κ3) is 3.95. The molecule has 3 nitrogen and oxygen atoms in total. The predicted molar refractivity (Wildman–Crippen MR) is 71.1 cm³/mol. The largest absolute Gasteiger partial charge is 0.493 e. The van der Waals surface area contributed by atoms with Crippen molar-refractivity contribution in [3.63, 3.8) is 0 Å². The van der Waals surface area contributed by atoms with E-state index in [2.05, 4.69) is 0 Å². The highest BCUT2D eigenvalue weighted by molar-refractivity contribution is 6.32. The zero-order chi connectivity index (χ0) is 12.7. The van der Waals surface area contributed by atoms with Crippen LogP contribution in [0.4, 0.5) is 0 Å². The van der Waals surface area contributed by atoms with Crippen LogP contribution in [0.2, 0.25) is 5.02 Å². The Morgan fingerprint density at radius 1 is 1.41 bits per heavy atom. The zero-order valence-electron chi connectivity index (χ0n) is 10.2. The van der Waals surface area contributed by atoms with E-state index >= 15 is 0 Å². The quantitative estimate of drug-likeness (QED) is 0.795. The number of hydrogen-bond donors (Lipinski definition) is 1. The summed E-state index contributed by atoms with van der Waals surface area (Å²) in [5.41, 5.74) is 6.56. The Morgan fingerprint density at radius 3 is 2.76 bits per heavy atom. The first-order valence-corrected chi connectivity index (χ1v) is 5.91. The van der Waals surface area contributed by atoms with E-state index in [1.165, 1.54) is 0 Å². The van der Waals surface area contributed by atoms with Crippen LogP contribution in [0.3, 0.4) is 0 Å². The number of allylic oxidation sites excluding steroid dienone is 1. The molecule has 0 aliphatic rings. The topological polar surface area (TPSA) is 44.5 Å². The van der Waals surface area contributed by atoms with Crippen LogP contribution < -0.4 is 15.2 Å². The Labute approximate surface area is 107 Å². The molecular formula is C13H18ClNO2. The lowest BCUT2D eigenvalue weighted by molar-refractivity contribution is 0.326. The molecule has 0 bridgehead atoms. The van der Waals surface area contributed by atoms with Gasteiger partial charge in [-0.2, -0.15) is 0 Å². The number of nitrogens with two attached hydrogens (primary N) is 1. The van der Waals surface area contributed by atoms with Crippen molar-refractivity contribution in [1.82, 2.24) is 0 Å². The zero-order valence-corrected chi connectivity index (χ0v) is 11.0. The van der Waals surface area contributed by atoms with Crippen molar-refractivity contribution in [3.8, 4) is 11.5 Å². The van der Waals surface area contributed by atoms with Crippen LogP contribution in [0.1, 0.15) is 12.5 Å². The standard InChI is InChI=1S/C13H18ClNO2/c1-3-4-7-17-13-11(14)8-10(5-6-15)9-12(13)16-2/h3-4,8-9H,5-7,15H2,1-2H3/b4-3+. The minimum atomic E-state index is 0.475. The van der Waals surface area contributed by atoms with Crippen LogP contribution in [0.5, 0.6) is 11.5 Å². The van der Waals surface area contributed by atoms with Gasteiger partial charge in [0.25, 0.3) is 0 Å². The maximum Gasteiger partial charge on any atom is 0.180 e. The highest BCUT2D eigenvalue weighted by atomic mass is 35.5. The molecule has 0 aromatic heterocycles. The van der Waals surface area contributed by atoms with E-state index in [9.17, 15) is 0 Å². The molecule has 0 fully saturated rings. The Hall–Kier alpha value is -1.19. The van der Waals surface area contributed by atoms with Gasteiger partial charge in [-0.1, -0.05) is 23.8 Å². The summed E-state index contributed by atoms with van der Waals surface area (Å²) in [6.45, 7) is 2.99. The van der Waals surface area contributed by atoms with Crippen molar-refractivity contribution < 1.29 is 9.47 Å². The molecule has 0 radical (unpaired) electrons. The van der Waals surface area contributed by atoms with Gasteiger partial charge in [-0.25, -0.2) is 0 Å². The van der Waals surface area contributed by atoms with Gasteiger partial charge in [0, 0.05) is 0 Å². The van der Waals surface area contributed by atoms with Gasteiger partial charge in [-0.3, -0.25) is 0 Å². The molecule has 0 amide bonds. The Morgan fingerprint density at radius 2 is 2.18 bits per heavy atom. The normalized spacial score (nSPS) is 10.8. The summed E-state index contributed by atoms with van der Waals surface area (Å²) >= 11 is 6.16. The van der Waals surface area contributed by atoms with Crippen molar-refractivity contribution >= 4 is 11.6 Å². The van der Waals surface area contributed by atoms with Gasteiger partial charge in [0.2, 0.25) is 0 Å². The third-order valence-corrected chi connectivity index (χ3v) is 2.56. The Balaban J connectivity index is 2.94. The fraction of sp³-hybridized carbons (Fsp3) is 0.385. The summed E-state index contributed by atoms with van der Waals surface area (Å²) in [6.07, 6.45) is 4.60. The minimum absolute atomic E-state index is 0.475. The van der Waals surface area contributed by atoms with Crippen molar-refractivity contribution in [3.05, 3.63) is 34.9 Å². The van der Waals surface area contributed by atoms with E-state index in [-0.39, 0.29) is 0 Å². The molecule has 0 atom stereocenters. The van der Waals surface area contributed by atoms with Crippen LogP contribution >= 0.6 is 11.6 Å². The van der Waals surface area contributed by atoms with Gasteiger partial charge < -0.3 is 15.2 Å². The van der Waals surface area contributed by atoms with Crippen LogP contribution in [0, 0.1) is 0 Å². The first-order valence-electron chi connectivity index (χ1n) is 5.53. The number of rotatable bonds is 6. The molecule has 94 valence electrons. The van der Waals surface area contributed by atoms with Gasteiger partial charge in [0.15, 0.2) is 11.5 Å². The molecule has 0 saturated carbocycles. The second-order valence-corrected chi connectivity index (χ2v) is 3.93. The first-order chi connectivity index (χ1) is 8.22. The van der Waals surface area contributed by atoms with Crippen LogP contribution in [0.25, 0.3) is 0 Å². The molecule has 0 heterocycles. The molecular weight excluding hydrogens is 238 g/mol. The van der Waals surface area contributed by atoms with Crippen LogP contribution in [0.15, 0.2) is 24.3 Å². The SMILES string of the molecule is C/C=C/COc1c(Cl)cc(CCN)cc1OC. The average molecular weight is 256 g/mol. The molecule has 1 aromatic rings. The van der Waals surface area contributed by atoms with Crippen molar-refractivity contribution in [1.29, 1.82) is 0 Å². The Kier molecular flexibility index (Phi) is 5.87. The van der Waals surface area contributed by atoms with Crippen molar-refractivity contribution in [2.75, 3.05) is 20.3 Å². The lowest BCUT2D eigenvalue weighted by Crippen LogP contribution is -2.04. The smallest absolute Gasteiger partial charge is 0.180 e. The van der Waals surface area contributed by atoms with E-state index in [4.69, 9.17) is 26.8 Å². The number of halogens is 1. The fourth-order valence-electron chi connectivity index (χ4n) is 1.45. The van der Waals surface area contributed by atoms with Gasteiger partial charge in [-0.15, -0.1) is 0 Å². The number of methoxy groups -OCH3 is 1. The van der Waals surface area contributed by atoms with Gasteiger partial charge in [0.1, 0.15) is 6.61 Å². The maximum absolute atomic E-state index is 6.16. The summed E-state index contributed by atoms with van der Waals surface area (Å²) in [4.78, 5) is 0. The van der Waals surface area contributed by atoms with Gasteiger partial charge in [0.05, 0.1) is 12.1 Å². The molecule has 0 unspecified atom stereocenters. The number of benzene rings is 1. The highest BCUT2D eigenvalue weighted by Gasteiger charge is 2.11. The van der Waals surface area contributed by atoms with E-state index in [0.717, 1.165) is 12.0 Å². The summed E-state index contributed by atoms with van der Waals surface area (Å²) in [6, 6.07) is 3.77. The van der Waals surface area contributed by atoms with Gasteiger partial charge in [-0.05, 0) is 37.6 Å². The molecule has 0 aliphatic carbocycles. The number of hydrogen-bond acceptors (Lipinski definition) is 3. The third-order valence-electron chi connectivity index (χ3n) is 2.28. The summed E-state index contributed by atoms with van der Waals surface area (Å²) in [7, 11) is 1.60. The lowest BCUT2D eigenvalue weighted by atomic mass is 10.1. The summed E-state index contributed by atoms with van der Waals surface area (Å²) < 4.78 is 10.8. The molecule has 4 heteroatoms. The second-order valence-electron chi connectivity index (χ2n) is 3.53. The lowest BCUT2D eigenvalue weighted by Gasteiger charge is -2.13. The molecule has 1 rings (SSSR count). The van der Waals surface area contributed by atoms with Crippen LogP contribution in [-0.4, -0.2) is 20.3 Å². The molecule has 17 heavy (non-hydrogen) atoms. The molecule has 0 aliphatic heterocycles. The van der Waals surface area contributed by atoms with E-state index in [1.54, 1.807) is 7.11 Å². The predicted octanol–water partition coefficient (Wildman–Crippen LogP) is 2.80. The van der Waals surface area contributed by atoms with Gasteiger partial charge >= 0.3 is 0 Å². The van der Waals surface area contributed by atoms with E-state index in [1.807, 2.05) is 31.2 Å². The molecule has 0 spiro atoms. The van der Waals surface area contributed by atoms with Crippen molar-refractivity contribution in [2.24, 2.45) is 5.73 Å². The molecule has 0 saturated heterocycles. The van der Waals surface area contributed by atoms with E-state index < -0.39 is 0 Å². The van der Waals surface area contributed by atoms with E-state index in [0.29, 0.717) is 29.7 Å². The van der Waals surface area contributed by atoms with Crippen LogP contribution in [-0.2, 0) is 6.42 Å². The second kappa shape index (κ2) is 7.20. The average Bonchev–Trinajstić information content (AvgIpc) is 2.32. The maximum atomic E-state index is 6.16. The number of ether oxygens (including phenoxy) is 2. The summed E-state index contributed by atoms with van der Waals surface area (Å²) in [5, 5.41) is 0.553. The summed E-state index contributed by atoms with van der Waals surface area (Å²) in [5.74, 6) is 1.22. The highest BCUT2D eigenvalue weighted by Crippen LogP contribution is 2.36. The Bertz CT molecular complexity index is 391. The minimum Gasteiger partial charge on any atom is -0.493 e. The first kappa shape index (κ1) is 13.9. The fourth-order valence-corrected chi connectivity index (χ4v) is 1.74. The molecule has 1 aromatic carbocycles. The van der Waals surface area contributed by atoms with Crippen molar-refractivity contribution in [2.45, 2.75) is 13.3 Å². The monoisotopic (exact) mass is 255 g/mol.